The first-order chi connectivity index (χ1) is 8.76. The molecule has 0 spiro atoms. The van der Waals surface area contributed by atoms with Crippen molar-refractivity contribution in [2.75, 3.05) is 0 Å². The van der Waals surface area contributed by atoms with Crippen LogP contribution in [0.15, 0.2) is 29.1 Å². The Morgan fingerprint density at radius 3 is 2.58 bits per heavy atom. The highest BCUT2D eigenvalue weighted by molar-refractivity contribution is 7.85. The Labute approximate surface area is 118 Å². The standard InChI is InChI=1S/C10H8Cl2N2O4S/c11-6-1-2-8(12)9(3-6)14-10(15)4-7(13-14)5-19(16,17)18/h1-4,13H,5H2,(H,16,17,18). The van der Waals surface area contributed by atoms with Crippen molar-refractivity contribution in [1.29, 1.82) is 0 Å². The first-order valence-corrected chi connectivity index (χ1v) is 7.34. The van der Waals surface area contributed by atoms with Crippen LogP contribution in [0.4, 0.5) is 0 Å². The number of rotatable bonds is 3. The van der Waals surface area contributed by atoms with Crippen LogP contribution in [-0.2, 0) is 15.9 Å². The number of aromatic amines is 1. The molecule has 0 unspecified atom stereocenters. The Morgan fingerprint density at radius 1 is 1.26 bits per heavy atom. The normalized spacial score (nSPS) is 11.7. The van der Waals surface area contributed by atoms with E-state index in [1.54, 1.807) is 6.07 Å². The predicted octanol–water partition coefficient (Wildman–Crippen LogP) is 1.86. The zero-order valence-corrected chi connectivity index (χ0v) is 11.6. The summed E-state index contributed by atoms with van der Waals surface area (Å²) in [5, 5.41) is 3.19. The first kappa shape index (κ1) is 14.1. The predicted molar refractivity (Wildman–Crippen MR) is 71.7 cm³/mol. The van der Waals surface area contributed by atoms with E-state index in [1.165, 1.54) is 12.1 Å². The van der Waals surface area contributed by atoms with E-state index in [0.717, 1.165) is 10.7 Å². The third kappa shape index (κ3) is 3.38. The molecule has 0 bridgehead atoms. The molecule has 6 nitrogen and oxygen atoms in total. The second-order valence-electron chi connectivity index (χ2n) is 3.78. The topological polar surface area (TPSA) is 92.2 Å². The van der Waals surface area contributed by atoms with Crippen LogP contribution < -0.4 is 5.56 Å². The van der Waals surface area contributed by atoms with E-state index >= 15 is 0 Å². The molecule has 1 aromatic heterocycles. The van der Waals surface area contributed by atoms with E-state index in [0.29, 0.717) is 10.7 Å². The third-order valence-electron chi connectivity index (χ3n) is 2.26. The van der Waals surface area contributed by atoms with Gasteiger partial charge < -0.3 is 0 Å². The molecular weight excluding hydrogens is 315 g/mol. The Balaban J connectivity index is 2.52. The smallest absolute Gasteiger partial charge is 0.271 e. The van der Waals surface area contributed by atoms with Crippen LogP contribution in [0.3, 0.4) is 0 Å². The summed E-state index contributed by atoms with van der Waals surface area (Å²) < 4.78 is 31.3. The van der Waals surface area contributed by atoms with Crippen LogP contribution in [0, 0.1) is 0 Å². The summed E-state index contributed by atoms with van der Waals surface area (Å²) in [4.78, 5) is 11.7. The first-order valence-electron chi connectivity index (χ1n) is 4.98. The zero-order valence-electron chi connectivity index (χ0n) is 9.30. The van der Waals surface area contributed by atoms with Gasteiger partial charge in [-0.2, -0.15) is 8.42 Å². The van der Waals surface area contributed by atoms with E-state index < -0.39 is 21.4 Å². The van der Waals surface area contributed by atoms with Crippen LogP contribution in [0.25, 0.3) is 5.69 Å². The lowest BCUT2D eigenvalue weighted by Crippen LogP contribution is -2.13. The fourth-order valence-corrected chi connectivity index (χ4v) is 2.46. The second kappa shape index (κ2) is 5.01. The maximum absolute atomic E-state index is 11.7. The molecule has 102 valence electrons. The number of aromatic nitrogens is 2. The minimum absolute atomic E-state index is 0.0449. The molecular formula is C10H8Cl2N2O4S. The maximum Gasteiger partial charge on any atom is 0.271 e. The summed E-state index contributed by atoms with van der Waals surface area (Å²) in [5.41, 5.74) is -0.174. The van der Waals surface area contributed by atoms with Gasteiger partial charge >= 0.3 is 0 Å². The van der Waals surface area contributed by atoms with Gasteiger partial charge in [0.1, 0.15) is 5.75 Å². The Bertz CT molecular complexity index is 779. The van der Waals surface area contributed by atoms with Gasteiger partial charge in [-0.15, -0.1) is 0 Å². The number of hydrogen-bond acceptors (Lipinski definition) is 3. The molecule has 0 aliphatic rings. The quantitative estimate of drug-likeness (QED) is 0.843. The van der Waals surface area contributed by atoms with Gasteiger partial charge in [0.25, 0.3) is 15.7 Å². The Hall–Kier alpha value is -1.28. The van der Waals surface area contributed by atoms with E-state index in [-0.39, 0.29) is 10.7 Å². The Morgan fingerprint density at radius 2 is 1.95 bits per heavy atom. The largest absolute Gasteiger partial charge is 0.294 e. The van der Waals surface area contributed by atoms with Crippen molar-refractivity contribution in [3.63, 3.8) is 0 Å². The number of benzene rings is 1. The number of hydrogen-bond donors (Lipinski definition) is 2. The summed E-state index contributed by atoms with van der Waals surface area (Å²) in [6.45, 7) is 0. The lowest BCUT2D eigenvalue weighted by molar-refractivity contribution is 0.481. The average Bonchev–Trinajstić information content (AvgIpc) is 2.60. The summed E-state index contributed by atoms with van der Waals surface area (Å²) >= 11 is 11.7. The number of halogens is 2. The van der Waals surface area contributed by atoms with Crippen LogP contribution in [0.2, 0.25) is 10.0 Å². The average molecular weight is 323 g/mol. The van der Waals surface area contributed by atoms with Crippen molar-refractivity contribution in [1.82, 2.24) is 9.78 Å². The molecule has 0 atom stereocenters. The minimum Gasteiger partial charge on any atom is -0.294 e. The van der Waals surface area contributed by atoms with Gasteiger partial charge in [0.2, 0.25) is 0 Å². The van der Waals surface area contributed by atoms with Gasteiger partial charge in [-0.25, -0.2) is 4.68 Å². The van der Waals surface area contributed by atoms with Crippen molar-refractivity contribution < 1.29 is 13.0 Å². The molecule has 0 saturated heterocycles. The van der Waals surface area contributed by atoms with Gasteiger partial charge in [-0.3, -0.25) is 14.4 Å². The van der Waals surface area contributed by atoms with Gasteiger partial charge in [0.15, 0.2) is 0 Å². The number of nitrogens with zero attached hydrogens (tertiary/aromatic N) is 1. The van der Waals surface area contributed by atoms with E-state index in [1.807, 2.05) is 0 Å². The molecule has 9 heteroatoms. The van der Waals surface area contributed by atoms with E-state index in [4.69, 9.17) is 27.8 Å². The molecule has 2 N–H and O–H groups in total. The zero-order chi connectivity index (χ0) is 14.2. The van der Waals surface area contributed by atoms with Crippen LogP contribution in [0.1, 0.15) is 5.69 Å². The Kier molecular flexibility index (Phi) is 3.73. The lowest BCUT2D eigenvalue weighted by Gasteiger charge is -2.05. The van der Waals surface area contributed by atoms with Crippen molar-refractivity contribution in [2.24, 2.45) is 0 Å². The third-order valence-corrected chi connectivity index (χ3v) is 3.49. The fraction of sp³-hybridized carbons (Fsp3) is 0.100. The molecule has 19 heavy (non-hydrogen) atoms. The summed E-state index contributed by atoms with van der Waals surface area (Å²) in [6.07, 6.45) is 0. The molecule has 0 radical (unpaired) electrons. The summed E-state index contributed by atoms with van der Waals surface area (Å²) in [6, 6.07) is 5.58. The van der Waals surface area contributed by atoms with E-state index in [9.17, 15) is 13.2 Å². The van der Waals surface area contributed by atoms with Gasteiger partial charge in [-0.05, 0) is 18.2 Å². The van der Waals surface area contributed by atoms with Gasteiger partial charge in [0, 0.05) is 11.1 Å². The van der Waals surface area contributed by atoms with Crippen molar-refractivity contribution in [3.05, 3.63) is 50.4 Å². The maximum atomic E-state index is 11.7. The second-order valence-corrected chi connectivity index (χ2v) is 6.07. The highest BCUT2D eigenvalue weighted by Gasteiger charge is 2.13. The molecule has 0 fully saturated rings. The SMILES string of the molecule is O=c1cc(CS(=O)(=O)O)[nH]n1-c1cc(Cl)ccc1Cl. The van der Waals surface area contributed by atoms with E-state index in [2.05, 4.69) is 5.10 Å². The summed E-state index contributed by atoms with van der Waals surface area (Å²) in [5.74, 6) is -0.687. The minimum atomic E-state index is -4.22. The van der Waals surface area contributed by atoms with Crippen molar-refractivity contribution in [2.45, 2.75) is 5.75 Å². The van der Waals surface area contributed by atoms with Gasteiger partial charge in [-0.1, -0.05) is 23.2 Å². The molecule has 1 aromatic carbocycles. The fourth-order valence-electron chi connectivity index (χ4n) is 1.55. The summed E-state index contributed by atoms with van der Waals surface area (Å²) in [7, 11) is -4.22. The molecule has 2 aromatic rings. The molecule has 0 amide bonds. The van der Waals surface area contributed by atoms with Crippen molar-refractivity contribution in [3.8, 4) is 5.69 Å². The lowest BCUT2D eigenvalue weighted by atomic mass is 10.3. The van der Waals surface area contributed by atoms with Gasteiger partial charge in [0.05, 0.1) is 16.4 Å². The van der Waals surface area contributed by atoms with Crippen LogP contribution in [0.5, 0.6) is 0 Å². The van der Waals surface area contributed by atoms with Crippen LogP contribution in [-0.4, -0.2) is 22.8 Å². The van der Waals surface area contributed by atoms with Crippen molar-refractivity contribution >= 4 is 33.3 Å². The number of H-pyrrole nitrogens is 1. The van der Waals surface area contributed by atoms with Crippen LogP contribution >= 0.6 is 23.2 Å². The molecule has 1 heterocycles. The highest BCUT2D eigenvalue weighted by Crippen LogP contribution is 2.22. The molecule has 0 aliphatic carbocycles. The highest BCUT2D eigenvalue weighted by atomic mass is 35.5. The molecule has 0 saturated carbocycles. The monoisotopic (exact) mass is 322 g/mol. The molecule has 0 aliphatic heterocycles. The number of nitrogens with one attached hydrogen (secondary N) is 1. The molecule has 2 rings (SSSR count).